The van der Waals surface area contributed by atoms with Crippen LogP contribution in [0.15, 0.2) is 33.9 Å². The van der Waals surface area contributed by atoms with Crippen LogP contribution in [0.4, 0.5) is 0 Å². The summed E-state index contributed by atoms with van der Waals surface area (Å²) in [6, 6.07) is 6.97. The molecule has 2 heterocycles. The summed E-state index contributed by atoms with van der Waals surface area (Å²) in [5, 5.41) is 0. The molecule has 0 spiro atoms. The van der Waals surface area contributed by atoms with Crippen LogP contribution in [-0.2, 0) is 16.1 Å². The largest absolute Gasteiger partial charge is 0.465 e. The Morgan fingerprint density at radius 2 is 2.05 bits per heavy atom. The minimum absolute atomic E-state index is 0.00241. The molecule has 0 saturated heterocycles. The molecule has 3 rings (SSSR count). The number of H-pyrrole nitrogens is 1. The van der Waals surface area contributed by atoms with E-state index in [2.05, 4.69) is 15.0 Å². The summed E-state index contributed by atoms with van der Waals surface area (Å²) in [6.07, 6.45) is 0. The van der Waals surface area contributed by atoms with E-state index in [-0.39, 0.29) is 24.7 Å². The second-order valence-electron chi connectivity index (χ2n) is 4.53. The first kappa shape index (κ1) is 13.9. The third-order valence-electron chi connectivity index (χ3n) is 3.11. The predicted molar refractivity (Wildman–Crippen MR) is 77.7 cm³/mol. The fourth-order valence-electron chi connectivity index (χ4n) is 2.24. The molecular weight excluding hydrogens is 288 g/mol. The smallest absolute Gasteiger partial charge is 0.349 e. The zero-order valence-electron chi connectivity index (χ0n) is 11.7. The van der Waals surface area contributed by atoms with Crippen LogP contribution >= 0.6 is 0 Å². The van der Waals surface area contributed by atoms with Crippen molar-refractivity contribution in [3.63, 3.8) is 0 Å². The number of para-hydroxylation sites is 2. The van der Waals surface area contributed by atoms with Crippen molar-refractivity contribution in [3.05, 3.63) is 45.1 Å². The summed E-state index contributed by atoms with van der Waals surface area (Å²) in [4.78, 5) is 45.3. The van der Waals surface area contributed by atoms with Gasteiger partial charge < -0.3 is 9.30 Å². The second kappa shape index (κ2) is 5.40. The van der Waals surface area contributed by atoms with Crippen molar-refractivity contribution >= 4 is 17.0 Å². The van der Waals surface area contributed by atoms with Crippen LogP contribution in [0.25, 0.3) is 22.6 Å². The van der Waals surface area contributed by atoms with Gasteiger partial charge in [-0.1, -0.05) is 12.1 Å². The molecule has 0 bridgehead atoms. The Balaban J connectivity index is 2.35. The van der Waals surface area contributed by atoms with Crippen LogP contribution in [-0.4, -0.2) is 32.1 Å². The molecule has 0 aromatic heterocycles. The molecular formula is C14H12N4O4. The Morgan fingerprint density at radius 3 is 2.82 bits per heavy atom. The minimum Gasteiger partial charge on any atom is -0.465 e. The van der Waals surface area contributed by atoms with Gasteiger partial charge in [-0.2, -0.15) is 4.98 Å². The number of ether oxygens (including phenoxy) is 1. The zero-order valence-corrected chi connectivity index (χ0v) is 11.7. The highest BCUT2D eigenvalue weighted by molar-refractivity contribution is 5.81. The molecule has 0 atom stereocenters. The zero-order chi connectivity index (χ0) is 15.7. The van der Waals surface area contributed by atoms with Gasteiger partial charge in [-0.05, 0) is 19.1 Å². The van der Waals surface area contributed by atoms with Crippen molar-refractivity contribution in [3.8, 4) is 11.5 Å². The van der Waals surface area contributed by atoms with Gasteiger partial charge in [0.15, 0.2) is 11.5 Å². The summed E-state index contributed by atoms with van der Waals surface area (Å²) < 4.78 is 6.40. The lowest BCUT2D eigenvalue weighted by Crippen LogP contribution is -2.30. The molecule has 2 aliphatic rings. The molecule has 0 unspecified atom stereocenters. The van der Waals surface area contributed by atoms with Crippen molar-refractivity contribution in [1.82, 2.24) is 19.5 Å². The lowest BCUT2D eigenvalue weighted by atomic mass is 10.2. The van der Waals surface area contributed by atoms with Crippen molar-refractivity contribution < 1.29 is 9.53 Å². The average molecular weight is 300 g/mol. The van der Waals surface area contributed by atoms with Crippen molar-refractivity contribution in [2.24, 2.45) is 0 Å². The molecule has 112 valence electrons. The van der Waals surface area contributed by atoms with E-state index in [0.717, 1.165) is 0 Å². The first-order chi connectivity index (χ1) is 10.6. The molecule has 1 N–H and O–H groups in total. The molecule has 0 fully saturated rings. The maximum absolute atomic E-state index is 11.9. The highest BCUT2D eigenvalue weighted by Crippen LogP contribution is 2.20. The number of nitrogens with one attached hydrogen (secondary N) is 1. The summed E-state index contributed by atoms with van der Waals surface area (Å²) in [5.41, 5.74) is -0.320. The normalized spacial score (nSPS) is 11.0. The van der Waals surface area contributed by atoms with Gasteiger partial charge in [0.2, 0.25) is 0 Å². The molecule has 8 nitrogen and oxygen atoms in total. The van der Waals surface area contributed by atoms with Crippen molar-refractivity contribution in [1.29, 1.82) is 0 Å². The van der Waals surface area contributed by atoms with E-state index in [1.54, 1.807) is 31.2 Å². The van der Waals surface area contributed by atoms with Gasteiger partial charge in [-0.3, -0.25) is 14.6 Å². The van der Waals surface area contributed by atoms with E-state index in [1.165, 1.54) is 4.57 Å². The fourth-order valence-corrected chi connectivity index (χ4v) is 2.24. The van der Waals surface area contributed by atoms with E-state index in [1.807, 2.05) is 0 Å². The molecule has 0 amide bonds. The van der Waals surface area contributed by atoms with Crippen LogP contribution in [0.1, 0.15) is 6.92 Å². The number of aromatic nitrogens is 4. The summed E-state index contributed by atoms with van der Waals surface area (Å²) >= 11 is 0. The Morgan fingerprint density at radius 1 is 1.27 bits per heavy atom. The van der Waals surface area contributed by atoms with E-state index in [4.69, 9.17) is 4.74 Å². The third-order valence-corrected chi connectivity index (χ3v) is 3.11. The maximum Gasteiger partial charge on any atom is 0.349 e. The molecule has 8 heteroatoms. The van der Waals surface area contributed by atoms with Gasteiger partial charge in [-0.25, -0.2) is 9.78 Å². The lowest BCUT2D eigenvalue weighted by Gasteiger charge is -2.15. The number of benzene rings is 1. The standard InChI is InChI=1S/C14H12N4O4/c1-2-22-10(19)7-18-9-6-4-3-5-8(9)15-11-12(18)16-14(21)17-13(11)20/h3-6H,2,7H2,1H3,(H,17,20,21). The summed E-state index contributed by atoms with van der Waals surface area (Å²) in [7, 11) is 0. The maximum atomic E-state index is 11.9. The van der Waals surface area contributed by atoms with E-state index in [0.29, 0.717) is 11.0 Å². The lowest BCUT2D eigenvalue weighted by molar-refractivity contribution is -0.143. The molecule has 0 saturated carbocycles. The number of carbonyl (C=O) groups excluding carboxylic acids is 1. The summed E-state index contributed by atoms with van der Waals surface area (Å²) in [5.74, 6) is -0.430. The number of fused-ring (bicyclic) bond motifs is 2. The number of esters is 1. The first-order valence-electron chi connectivity index (χ1n) is 6.65. The van der Waals surface area contributed by atoms with Gasteiger partial charge in [0.1, 0.15) is 6.54 Å². The predicted octanol–water partition coefficient (Wildman–Crippen LogP) is 0.148. The molecule has 22 heavy (non-hydrogen) atoms. The van der Waals surface area contributed by atoms with Gasteiger partial charge in [0.25, 0.3) is 5.56 Å². The SMILES string of the molecule is CCOC(=O)Cn1c2nc(=O)[nH]c(=O)c-2nc2ccccc21. The Bertz CT molecular complexity index is 944. The van der Waals surface area contributed by atoms with E-state index in [9.17, 15) is 14.4 Å². The van der Waals surface area contributed by atoms with Gasteiger partial charge >= 0.3 is 11.7 Å². The molecule has 2 aliphatic heterocycles. The van der Waals surface area contributed by atoms with Gasteiger partial charge in [0.05, 0.1) is 17.6 Å². The van der Waals surface area contributed by atoms with Crippen LogP contribution in [0.3, 0.4) is 0 Å². The number of aromatic amines is 1. The summed E-state index contributed by atoms with van der Waals surface area (Å²) in [6.45, 7) is 1.77. The molecule has 1 aromatic rings. The fraction of sp³-hybridized carbons (Fsp3) is 0.214. The van der Waals surface area contributed by atoms with Crippen LogP contribution in [0.5, 0.6) is 0 Å². The highest BCUT2D eigenvalue weighted by Gasteiger charge is 2.20. The average Bonchev–Trinajstić information content (AvgIpc) is 2.48. The van der Waals surface area contributed by atoms with E-state index < -0.39 is 17.2 Å². The van der Waals surface area contributed by atoms with Crippen LogP contribution in [0.2, 0.25) is 0 Å². The molecule has 1 aromatic carbocycles. The first-order valence-corrected chi connectivity index (χ1v) is 6.65. The van der Waals surface area contributed by atoms with Gasteiger partial charge in [0, 0.05) is 0 Å². The monoisotopic (exact) mass is 300 g/mol. The van der Waals surface area contributed by atoms with Gasteiger partial charge in [-0.15, -0.1) is 0 Å². The second-order valence-corrected chi connectivity index (χ2v) is 4.53. The minimum atomic E-state index is -0.785. The Hall–Kier alpha value is -3.03. The Kier molecular flexibility index (Phi) is 3.42. The number of rotatable bonds is 3. The Labute approximate surface area is 123 Å². The number of carbonyl (C=O) groups is 1. The quantitative estimate of drug-likeness (QED) is 0.545. The molecule has 0 aliphatic carbocycles. The van der Waals surface area contributed by atoms with Crippen LogP contribution < -0.4 is 11.2 Å². The van der Waals surface area contributed by atoms with E-state index >= 15 is 0 Å². The number of nitrogens with zero attached hydrogens (tertiary/aromatic N) is 3. The number of hydrogen-bond donors (Lipinski definition) is 1. The highest BCUT2D eigenvalue weighted by atomic mass is 16.5. The number of hydrogen-bond acceptors (Lipinski definition) is 6. The topological polar surface area (TPSA) is 107 Å². The van der Waals surface area contributed by atoms with Crippen molar-refractivity contribution in [2.75, 3.05) is 6.61 Å². The molecule has 0 radical (unpaired) electrons. The third kappa shape index (κ3) is 2.34. The van der Waals surface area contributed by atoms with Crippen molar-refractivity contribution in [2.45, 2.75) is 13.5 Å². The van der Waals surface area contributed by atoms with Crippen LogP contribution in [0, 0.1) is 0 Å².